The van der Waals surface area contributed by atoms with Crippen LogP contribution in [0.1, 0.15) is 22.3 Å². The Morgan fingerprint density at radius 1 is 0.278 bits per heavy atom. The Morgan fingerprint density at radius 2 is 0.704 bits per heavy atom. The second-order valence-electron chi connectivity index (χ2n) is 14.5. The molecule has 1 aliphatic rings. The Balaban J connectivity index is 1.19. The highest BCUT2D eigenvalue weighted by Crippen LogP contribution is 2.57. The summed E-state index contributed by atoms with van der Waals surface area (Å²) in [7, 11) is 0. The summed E-state index contributed by atoms with van der Waals surface area (Å²) in [5.74, 6) is 0. The van der Waals surface area contributed by atoms with Crippen LogP contribution in [0.2, 0.25) is 0 Å². The molecule has 0 aromatic heterocycles. The first kappa shape index (κ1) is 30.6. The van der Waals surface area contributed by atoms with Crippen LogP contribution in [0.5, 0.6) is 0 Å². The van der Waals surface area contributed by atoms with E-state index >= 15 is 0 Å². The molecular formula is C53H35N. The largest absolute Gasteiger partial charge is 0.310 e. The van der Waals surface area contributed by atoms with Crippen LogP contribution in [0.4, 0.5) is 17.1 Å². The molecule has 0 amide bonds. The first-order valence-corrected chi connectivity index (χ1v) is 18.8. The van der Waals surface area contributed by atoms with Gasteiger partial charge in [0.1, 0.15) is 0 Å². The summed E-state index contributed by atoms with van der Waals surface area (Å²) in [5.41, 5.74) is 10.6. The number of benzene rings is 10. The van der Waals surface area contributed by atoms with Crippen LogP contribution in [-0.2, 0) is 5.41 Å². The van der Waals surface area contributed by atoms with Crippen molar-refractivity contribution in [3.63, 3.8) is 0 Å². The van der Waals surface area contributed by atoms with E-state index < -0.39 is 5.41 Å². The molecule has 1 aliphatic carbocycles. The van der Waals surface area contributed by atoms with Crippen LogP contribution in [0, 0.1) is 0 Å². The molecule has 0 bridgehead atoms. The summed E-state index contributed by atoms with van der Waals surface area (Å²) in [6, 6.07) is 78.5. The van der Waals surface area contributed by atoms with Gasteiger partial charge in [-0.3, -0.25) is 0 Å². The Hall–Kier alpha value is -6.96. The molecule has 0 heterocycles. The maximum atomic E-state index is 2.46. The number of rotatable bonds is 5. The summed E-state index contributed by atoms with van der Waals surface area (Å²) in [4.78, 5) is 2.45. The molecule has 54 heavy (non-hydrogen) atoms. The van der Waals surface area contributed by atoms with Gasteiger partial charge in [-0.25, -0.2) is 0 Å². The predicted molar refractivity (Wildman–Crippen MR) is 228 cm³/mol. The smallest absolute Gasteiger partial charge is 0.0714 e. The summed E-state index contributed by atoms with van der Waals surface area (Å²) >= 11 is 0. The fourth-order valence-corrected chi connectivity index (χ4v) is 9.30. The molecule has 0 spiro atoms. The van der Waals surface area contributed by atoms with Crippen molar-refractivity contribution in [1.82, 2.24) is 0 Å². The average Bonchev–Trinajstić information content (AvgIpc) is 3.54. The van der Waals surface area contributed by atoms with Gasteiger partial charge >= 0.3 is 0 Å². The van der Waals surface area contributed by atoms with Gasteiger partial charge in [0.2, 0.25) is 0 Å². The monoisotopic (exact) mass is 685 g/mol. The maximum absolute atomic E-state index is 2.46. The second-order valence-corrected chi connectivity index (χ2v) is 14.5. The topological polar surface area (TPSA) is 3.24 Å². The van der Waals surface area contributed by atoms with Crippen LogP contribution < -0.4 is 4.90 Å². The standard InChI is InChI=1S/C53H35N/c1-3-15-40(16-4-1)53(41-17-5-2-6-18-41)51-22-12-11-21-49(51)50-32-29-44(35-52(50)53)54(42-27-30-47-38(33-42)25-23-36-13-7-9-19-45(36)47)43-28-31-48-39(34-43)26-24-37-14-8-10-20-46(37)48/h1-35H. The van der Waals surface area contributed by atoms with Gasteiger partial charge in [0, 0.05) is 17.1 Å². The summed E-state index contributed by atoms with van der Waals surface area (Å²) < 4.78 is 0. The molecule has 10 aromatic carbocycles. The number of hydrogen-bond donors (Lipinski definition) is 0. The van der Waals surface area contributed by atoms with E-state index in [-0.39, 0.29) is 0 Å². The summed E-state index contributed by atoms with van der Waals surface area (Å²) in [6.07, 6.45) is 0. The van der Waals surface area contributed by atoms with Gasteiger partial charge in [0.15, 0.2) is 0 Å². The van der Waals surface area contributed by atoms with Crippen molar-refractivity contribution in [3.05, 3.63) is 235 Å². The maximum Gasteiger partial charge on any atom is 0.0714 e. The first-order chi connectivity index (χ1) is 26.8. The minimum atomic E-state index is -0.485. The highest BCUT2D eigenvalue weighted by atomic mass is 15.1. The number of hydrogen-bond acceptors (Lipinski definition) is 1. The third-order valence-electron chi connectivity index (χ3n) is 11.7. The van der Waals surface area contributed by atoms with E-state index in [4.69, 9.17) is 0 Å². The normalized spacial score (nSPS) is 13.0. The lowest BCUT2D eigenvalue weighted by atomic mass is 9.67. The van der Waals surface area contributed by atoms with Gasteiger partial charge in [-0.15, -0.1) is 0 Å². The quantitative estimate of drug-likeness (QED) is 0.163. The molecule has 0 N–H and O–H groups in total. The van der Waals surface area contributed by atoms with Crippen molar-refractivity contribution >= 4 is 60.2 Å². The summed E-state index contributed by atoms with van der Waals surface area (Å²) in [6.45, 7) is 0. The van der Waals surface area contributed by atoms with E-state index in [2.05, 4.69) is 217 Å². The molecule has 252 valence electrons. The van der Waals surface area contributed by atoms with Crippen molar-refractivity contribution in [3.8, 4) is 11.1 Å². The van der Waals surface area contributed by atoms with Gasteiger partial charge in [-0.2, -0.15) is 0 Å². The van der Waals surface area contributed by atoms with Crippen molar-refractivity contribution < 1.29 is 0 Å². The van der Waals surface area contributed by atoms with Crippen molar-refractivity contribution in [2.45, 2.75) is 5.41 Å². The molecule has 0 unspecified atom stereocenters. The molecule has 0 fully saturated rings. The molecular weight excluding hydrogens is 651 g/mol. The van der Waals surface area contributed by atoms with Gasteiger partial charge in [-0.1, -0.05) is 176 Å². The van der Waals surface area contributed by atoms with Crippen LogP contribution in [-0.4, -0.2) is 0 Å². The Morgan fingerprint density at radius 3 is 1.30 bits per heavy atom. The number of anilines is 3. The zero-order chi connectivity index (χ0) is 35.6. The fourth-order valence-electron chi connectivity index (χ4n) is 9.30. The minimum absolute atomic E-state index is 0.485. The lowest BCUT2D eigenvalue weighted by Crippen LogP contribution is -2.28. The SMILES string of the molecule is c1ccc(C2(c3ccccc3)c3ccccc3-c3ccc(N(c4ccc5c(ccc6ccccc65)c4)c4ccc5c(ccc6ccccc65)c4)cc32)cc1. The van der Waals surface area contributed by atoms with E-state index in [9.17, 15) is 0 Å². The van der Waals surface area contributed by atoms with Gasteiger partial charge in [0.25, 0.3) is 0 Å². The van der Waals surface area contributed by atoms with Crippen molar-refractivity contribution in [1.29, 1.82) is 0 Å². The number of fused-ring (bicyclic) bond motifs is 9. The molecule has 0 saturated carbocycles. The Bertz CT molecular complexity index is 2890. The molecule has 0 radical (unpaired) electrons. The third-order valence-corrected chi connectivity index (χ3v) is 11.7. The van der Waals surface area contributed by atoms with E-state index in [1.807, 2.05) is 0 Å². The van der Waals surface area contributed by atoms with Gasteiger partial charge < -0.3 is 4.90 Å². The Labute approximate surface area is 315 Å². The highest BCUT2D eigenvalue weighted by Gasteiger charge is 2.46. The lowest BCUT2D eigenvalue weighted by molar-refractivity contribution is 0.768. The van der Waals surface area contributed by atoms with E-state index in [0.717, 1.165) is 17.1 Å². The fraction of sp³-hybridized carbons (Fsp3) is 0.0189. The molecule has 10 aromatic rings. The molecule has 0 saturated heterocycles. The van der Waals surface area contributed by atoms with Crippen LogP contribution >= 0.6 is 0 Å². The van der Waals surface area contributed by atoms with Gasteiger partial charge in [-0.05, 0) is 113 Å². The summed E-state index contributed by atoms with van der Waals surface area (Å²) in [5, 5.41) is 10.0. The van der Waals surface area contributed by atoms with Crippen molar-refractivity contribution in [2.24, 2.45) is 0 Å². The average molecular weight is 686 g/mol. The highest BCUT2D eigenvalue weighted by molar-refractivity contribution is 6.10. The minimum Gasteiger partial charge on any atom is -0.310 e. The van der Waals surface area contributed by atoms with E-state index in [1.54, 1.807) is 0 Å². The predicted octanol–water partition coefficient (Wildman–Crippen LogP) is 14.1. The zero-order valence-electron chi connectivity index (χ0n) is 29.7. The first-order valence-electron chi connectivity index (χ1n) is 18.8. The molecule has 0 aliphatic heterocycles. The van der Waals surface area contributed by atoms with Crippen molar-refractivity contribution in [2.75, 3.05) is 4.90 Å². The zero-order valence-corrected chi connectivity index (χ0v) is 29.7. The van der Waals surface area contributed by atoms with E-state index in [0.29, 0.717) is 0 Å². The molecule has 0 atom stereocenters. The Kier molecular flexibility index (Phi) is 6.84. The third kappa shape index (κ3) is 4.52. The molecule has 11 rings (SSSR count). The molecule has 1 nitrogen and oxygen atoms in total. The van der Waals surface area contributed by atoms with Crippen LogP contribution in [0.25, 0.3) is 54.2 Å². The van der Waals surface area contributed by atoms with Crippen LogP contribution in [0.15, 0.2) is 212 Å². The molecule has 1 heteroatoms. The van der Waals surface area contributed by atoms with Crippen LogP contribution in [0.3, 0.4) is 0 Å². The van der Waals surface area contributed by atoms with E-state index in [1.165, 1.54) is 76.5 Å². The lowest BCUT2D eigenvalue weighted by Gasteiger charge is -2.35. The second kappa shape index (κ2) is 12.0. The number of nitrogens with zero attached hydrogens (tertiary/aromatic N) is 1. The van der Waals surface area contributed by atoms with Gasteiger partial charge in [0.05, 0.1) is 5.41 Å².